The van der Waals surface area contributed by atoms with Crippen molar-refractivity contribution in [1.82, 2.24) is 14.5 Å². The average Bonchev–Trinajstić information content (AvgIpc) is 2.93. The van der Waals surface area contributed by atoms with Crippen LogP contribution in [0.5, 0.6) is 0 Å². The van der Waals surface area contributed by atoms with Crippen LogP contribution in [0.15, 0.2) is 0 Å². The van der Waals surface area contributed by atoms with E-state index >= 15 is 0 Å². The van der Waals surface area contributed by atoms with Gasteiger partial charge in [0, 0.05) is 12.6 Å². The van der Waals surface area contributed by atoms with E-state index in [1.807, 2.05) is 0 Å². The third kappa shape index (κ3) is 2.94. The second-order valence-electron chi connectivity index (χ2n) is 5.54. The fourth-order valence-corrected chi connectivity index (χ4v) is 4.27. The molecule has 0 radical (unpaired) electrons. The molecule has 1 saturated carbocycles. The van der Waals surface area contributed by atoms with E-state index in [4.69, 9.17) is 4.55 Å². The number of β-lactam (4-membered cyclic amide) rings is 1. The Balaban J connectivity index is 0.00000121. The molecule has 2 heterocycles. The fraction of sp³-hybridized carbons (Fsp3) is 0.818. The zero-order valence-corrected chi connectivity index (χ0v) is 14.7. The SMILES string of the molecule is O=C(NC1CCCC1)N1CC[C@@H]2[C@H]1C(=O)N2S(=O)(=O)O.[H-].[Na+]. The molecule has 0 bridgehead atoms. The van der Waals surface area contributed by atoms with Gasteiger partial charge in [0.2, 0.25) is 0 Å². The van der Waals surface area contributed by atoms with Crippen molar-refractivity contribution >= 4 is 22.2 Å². The van der Waals surface area contributed by atoms with E-state index < -0.39 is 28.3 Å². The Hall–Kier alpha value is -0.350. The molecular weight excluding hydrogens is 309 g/mol. The summed E-state index contributed by atoms with van der Waals surface area (Å²) in [5.41, 5.74) is 0. The van der Waals surface area contributed by atoms with Crippen LogP contribution < -0.4 is 34.9 Å². The summed E-state index contributed by atoms with van der Waals surface area (Å²) >= 11 is 0. The quantitative estimate of drug-likeness (QED) is 0.316. The molecule has 10 heteroatoms. The molecule has 2 atom stereocenters. The number of nitrogens with zero attached hydrogens (tertiary/aromatic N) is 2. The molecule has 8 nitrogen and oxygen atoms in total. The van der Waals surface area contributed by atoms with Crippen LogP contribution in [0.25, 0.3) is 0 Å². The maximum atomic E-state index is 12.1. The number of rotatable bonds is 2. The zero-order valence-electron chi connectivity index (χ0n) is 12.9. The van der Waals surface area contributed by atoms with Crippen LogP contribution in [-0.2, 0) is 15.1 Å². The van der Waals surface area contributed by atoms with Crippen LogP contribution in [0.2, 0.25) is 0 Å². The normalized spacial score (nSPS) is 28.9. The van der Waals surface area contributed by atoms with Gasteiger partial charge in [-0.3, -0.25) is 9.35 Å². The minimum atomic E-state index is -4.52. The number of likely N-dealkylation sites (tertiary alicyclic amines) is 1. The first-order chi connectivity index (χ1) is 9.39. The van der Waals surface area contributed by atoms with Crippen molar-refractivity contribution in [2.75, 3.05) is 6.54 Å². The molecular formula is C11H18N3NaO5S. The van der Waals surface area contributed by atoms with Gasteiger partial charge in [-0.15, -0.1) is 0 Å². The Morgan fingerprint density at radius 2 is 1.90 bits per heavy atom. The summed E-state index contributed by atoms with van der Waals surface area (Å²) < 4.78 is 31.6. The molecule has 2 N–H and O–H groups in total. The first kappa shape index (κ1) is 17.0. The fourth-order valence-electron chi connectivity index (χ4n) is 3.37. The molecule has 0 unspecified atom stereocenters. The Kier molecular flexibility index (Phi) is 4.89. The standard InChI is InChI=1S/C11H17N3O5S.Na.H/c15-10-9-8(14(10)20(17,18)19)5-6-13(9)11(16)12-7-3-1-2-4-7;;/h7-9H,1-6H2,(H,12,16)(H,17,18,19);;/q;+1;-1/t8-,9+;;/m1../s1. The van der Waals surface area contributed by atoms with Crippen molar-refractivity contribution in [1.29, 1.82) is 0 Å². The average molecular weight is 327 g/mol. The molecule has 1 aliphatic carbocycles. The van der Waals surface area contributed by atoms with Gasteiger partial charge in [-0.1, -0.05) is 12.8 Å². The van der Waals surface area contributed by atoms with Gasteiger partial charge in [0.1, 0.15) is 6.04 Å². The van der Waals surface area contributed by atoms with E-state index in [9.17, 15) is 18.0 Å². The number of nitrogens with one attached hydrogen (secondary N) is 1. The molecule has 3 aliphatic rings. The van der Waals surface area contributed by atoms with E-state index in [1.165, 1.54) is 4.90 Å². The molecule has 3 amide bonds. The molecule has 2 aliphatic heterocycles. The van der Waals surface area contributed by atoms with E-state index in [-0.39, 0.29) is 43.1 Å². The number of urea groups is 1. The van der Waals surface area contributed by atoms with Crippen molar-refractivity contribution in [3.63, 3.8) is 0 Å². The maximum absolute atomic E-state index is 12.1. The monoisotopic (exact) mass is 327 g/mol. The third-order valence-corrected chi connectivity index (χ3v) is 5.28. The Morgan fingerprint density at radius 1 is 1.29 bits per heavy atom. The van der Waals surface area contributed by atoms with Gasteiger partial charge in [-0.2, -0.15) is 8.42 Å². The molecule has 114 valence electrons. The van der Waals surface area contributed by atoms with Gasteiger partial charge < -0.3 is 11.6 Å². The molecule has 3 fully saturated rings. The van der Waals surface area contributed by atoms with Crippen molar-refractivity contribution in [2.45, 2.75) is 50.2 Å². The number of carbonyl (C=O) groups excluding carboxylic acids is 2. The van der Waals surface area contributed by atoms with Crippen LogP contribution in [0, 0.1) is 0 Å². The van der Waals surface area contributed by atoms with Crippen LogP contribution in [0.3, 0.4) is 0 Å². The van der Waals surface area contributed by atoms with Crippen molar-refractivity contribution in [2.24, 2.45) is 0 Å². The van der Waals surface area contributed by atoms with Gasteiger partial charge in [-0.25, -0.2) is 9.10 Å². The summed E-state index contributed by atoms with van der Waals surface area (Å²) in [4.78, 5) is 25.3. The molecule has 3 rings (SSSR count). The van der Waals surface area contributed by atoms with Gasteiger partial charge in [0.05, 0.1) is 6.04 Å². The predicted molar refractivity (Wildman–Crippen MR) is 69.2 cm³/mol. The summed E-state index contributed by atoms with van der Waals surface area (Å²) in [7, 11) is -4.52. The summed E-state index contributed by atoms with van der Waals surface area (Å²) in [6.07, 6.45) is 4.44. The second kappa shape index (κ2) is 6.04. The van der Waals surface area contributed by atoms with Crippen LogP contribution >= 0.6 is 0 Å². The molecule has 2 saturated heterocycles. The zero-order chi connectivity index (χ0) is 14.5. The van der Waals surface area contributed by atoms with E-state index in [2.05, 4.69) is 5.32 Å². The van der Waals surface area contributed by atoms with Crippen molar-refractivity contribution < 1.29 is 53.5 Å². The largest absolute Gasteiger partial charge is 1.00 e. The Morgan fingerprint density at radius 3 is 2.48 bits per heavy atom. The number of fused-ring (bicyclic) bond motifs is 1. The second-order valence-corrected chi connectivity index (χ2v) is 6.83. The van der Waals surface area contributed by atoms with Crippen LogP contribution in [0.1, 0.15) is 33.5 Å². The molecule has 0 aromatic heterocycles. The molecule has 21 heavy (non-hydrogen) atoms. The Labute approximate surface area is 146 Å². The minimum Gasteiger partial charge on any atom is -1.00 e. The van der Waals surface area contributed by atoms with Crippen LogP contribution in [-0.4, -0.2) is 58.8 Å². The Bertz CT molecular complexity index is 554. The van der Waals surface area contributed by atoms with Gasteiger partial charge in [0.25, 0.3) is 5.91 Å². The van der Waals surface area contributed by atoms with E-state index in [0.717, 1.165) is 25.7 Å². The van der Waals surface area contributed by atoms with Crippen LogP contribution in [0.4, 0.5) is 4.79 Å². The summed E-state index contributed by atoms with van der Waals surface area (Å²) in [5.74, 6) is -0.725. The summed E-state index contributed by atoms with van der Waals surface area (Å²) in [6.45, 7) is 0.325. The van der Waals surface area contributed by atoms with Gasteiger partial charge in [0.15, 0.2) is 0 Å². The number of amides is 3. The third-order valence-electron chi connectivity index (χ3n) is 4.33. The number of hydrogen-bond donors (Lipinski definition) is 2. The topological polar surface area (TPSA) is 107 Å². The minimum absolute atomic E-state index is 0. The first-order valence-corrected chi connectivity index (χ1v) is 8.17. The van der Waals surface area contributed by atoms with Gasteiger partial charge >= 0.3 is 45.9 Å². The summed E-state index contributed by atoms with van der Waals surface area (Å²) in [6, 6.07) is -1.53. The van der Waals surface area contributed by atoms with Crippen molar-refractivity contribution in [3.8, 4) is 0 Å². The van der Waals surface area contributed by atoms with Crippen molar-refractivity contribution in [3.05, 3.63) is 0 Å². The molecule has 0 aromatic rings. The number of hydrogen-bond acceptors (Lipinski definition) is 4. The van der Waals surface area contributed by atoms with E-state index in [1.54, 1.807) is 0 Å². The molecule has 0 spiro atoms. The summed E-state index contributed by atoms with van der Waals surface area (Å²) in [5, 5.41) is 2.88. The van der Waals surface area contributed by atoms with E-state index in [0.29, 0.717) is 17.3 Å². The smallest absolute Gasteiger partial charge is 1.00 e. The van der Waals surface area contributed by atoms with Gasteiger partial charge in [-0.05, 0) is 19.3 Å². The predicted octanol–water partition coefficient (Wildman–Crippen LogP) is -3.16. The first-order valence-electron chi connectivity index (χ1n) is 6.77. The molecule has 0 aromatic carbocycles. The maximum Gasteiger partial charge on any atom is 1.00 e. The number of carbonyl (C=O) groups is 2.